The lowest BCUT2D eigenvalue weighted by atomic mass is 10.2. The van der Waals surface area contributed by atoms with E-state index in [4.69, 9.17) is 23.2 Å². The molecule has 0 bridgehead atoms. The van der Waals surface area contributed by atoms with Gasteiger partial charge in [-0.25, -0.2) is 9.19 Å². The van der Waals surface area contributed by atoms with Crippen molar-refractivity contribution in [1.29, 1.82) is 0 Å². The molecule has 2 aromatic heterocycles. The van der Waals surface area contributed by atoms with Crippen LogP contribution in [0.4, 0.5) is 5.13 Å². The van der Waals surface area contributed by atoms with Crippen LogP contribution in [0.5, 0.6) is 0 Å². The van der Waals surface area contributed by atoms with Crippen molar-refractivity contribution in [2.75, 3.05) is 4.72 Å². The smallest absolute Gasteiger partial charge is 0.196 e. The molecule has 0 fully saturated rings. The summed E-state index contributed by atoms with van der Waals surface area (Å²) in [7, 11) is -1.41. The Labute approximate surface area is 125 Å². The highest BCUT2D eigenvalue weighted by Crippen LogP contribution is 2.27. The van der Waals surface area contributed by atoms with E-state index in [0.29, 0.717) is 19.4 Å². The van der Waals surface area contributed by atoms with Gasteiger partial charge >= 0.3 is 0 Å². The fraction of sp³-hybridized carbons (Fsp3) is 0. The minimum absolute atomic E-state index is 0.520. The molecule has 1 unspecified atom stereocenters. The molecule has 98 valence electrons. The van der Waals surface area contributed by atoms with Crippen LogP contribution in [0.3, 0.4) is 0 Å². The van der Waals surface area contributed by atoms with Crippen LogP contribution in [-0.2, 0) is 11.0 Å². The standard InChI is InChI=1S/C11H7Cl2N3OS2/c12-6-1-2-7-8(3-6)14-4-9(7)19(17)16-11-15-5-10(13)18-11/h1-5,14H,(H,15,16). The predicted octanol–water partition coefficient (Wildman–Crippen LogP) is 4.07. The summed E-state index contributed by atoms with van der Waals surface area (Å²) in [5.74, 6) is 0. The predicted molar refractivity (Wildman–Crippen MR) is 80.5 cm³/mol. The second kappa shape index (κ2) is 5.13. The van der Waals surface area contributed by atoms with Crippen molar-refractivity contribution in [3.8, 4) is 0 Å². The first-order chi connectivity index (χ1) is 9.13. The molecule has 0 aliphatic heterocycles. The Morgan fingerprint density at radius 1 is 1.37 bits per heavy atom. The largest absolute Gasteiger partial charge is 0.360 e. The molecule has 2 heterocycles. The maximum Gasteiger partial charge on any atom is 0.196 e. The van der Waals surface area contributed by atoms with Gasteiger partial charge in [0.15, 0.2) is 16.1 Å². The Bertz CT molecular complexity index is 768. The van der Waals surface area contributed by atoms with Crippen LogP contribution in [0.25, 0.3) is 10.9 Å². The summed E-state index contributed by atoms with van der Waals surface area (Å²) in [6, 6.07) is 5.38. The molecule has 0 radical (unpaired) electrons. The Kier molecular flexibility index (Phi) is 3.49. The van der Waals surface area contributed by atoms with Crippen molar-refractivity contribution in [2.45, 2.75) is 4.90 Å². The molecule has 0 aliphatic carbocycles. The Balaban J connectivity index is 1.93. The van der Waals surface area contributed by atoms with E-state index in [0.717, 1.165) is 10.9 Å². The third-order valence-corrected chi connectivity index (χ3v) is 4.97. The zero-order valence-electron chi connectivity index (χ0n) is 9.31. The van der Waals surface area contributed by atoms with Gasteiger partial charge in [0.2, 0.25) is 0 Å². The molecule has 2 N–H and O–H groups in total. The molecular weight excluding hydrogens is 325 g/mol. The summed E-state index contributed by atoms with van der Waals surface area (Å²) in [6.07, 6.45) is 3.21. The van der Waals surface area contributed by atoms with Gasteiger partial charge in [0.25, 0.3) is 0 Å². The van der Waals surface area contributed by atoms with E-state index in [1.165, 1.54) is 17.5 Å². The lowest BCUT2D eigenvalue weighted by Crippen LogP contribution is -2.03. The minimum atomic E-state index is -1.41. The molecule has 3 rings (SSSR count). The maximum absolute atomic E-state index is 12.3. The first kappa shape index (κ1) is 12.9. The van der Waals surface area contributed by atoms with Gasteiger partial charge in [-0.1, -0.05) is 40.6 Å². The third kappa shape index (κ3) is 2.62. The van der Waals surface area contributed by atoms with Gasteiger partial charge < -0.3 is 4.98 Å². The highest BCUT2D eigenvalue weighted by Gasteiger charge is 2.12. The summed E-state index contributed by atoms with van der Waals surface area (Å²) < 4.78 is 15.6. The summed E-state index contributed by atoms with van der Waals surface area (Å²) in [5, 5.41) is 2.01. The molecule has 8 heteroatoms. The number of rotatable bonds is 3. The van der Waals surface area contributed by atoms with Gasteiger partial charge in [0.05, 0.1) is 11.1 Å². The average molecular weight is 332 g/mol. The van der Waals surface area contributed by atoms with E-state index in [1.54, 1.807) is 18.3 Å². The molecule has 1 aromatic carbocycles. The highest BCUT2D eigenvalue weighted by molar-refractivity contribution is 7.86. The van der Waals surface area contributed by atoms with Crippen molar-refractivity contribution in [1.82, 2.24) is 9.97 Å². The molecule has 0 spiro atoms. The number of thiazole rings is 1. The third-order valence-electron chi connectivity index (χ3n) is 2.46. The Morgan fingerprint density at radius 3 is 2.95 bits per heavy atom. The first-order valence-corrected chi connectivity index (χ1v) is 7.92. The summed E-state index contributed by atoms with van der Waals surface area (Å²) in [5.41, 5.74) is 0.842. The Hall–Kier alpha value is -1.08. The molecule has 19 heavy (non-hydrogen) atoms. The van der Waals surface area contributed by atoms with Gasteiger partial charge in [0, 0.05) is 22.1 Å². The number of benzene rings is 1. The van der Waals surface area contributed by atoms with Crippen LogP contribution in [-0.4, -0.2) is 14.2 Å². The second-order valence-corrected chi connectivity index (χ2v) is 6.96. The number of hydrogen-bond donors (Lipinski definition) is 2. The molecular formula is C11H7Cl2N3OS2. The number of fused-ring (bicyclic) bond motifs is 1. The van der Waals surface area contributed by atoms with Gasteiger partial charge in [-0.3, -0.25) is 4.72 Å². The number of nitrogens with one attached hydrogen (secondary N) is 2. The zero-order valence-corrected chi connectivity index (χ0v) is 12.5. The van der Waals surface area contributed by atoms with Crippen molar-refractivity contribution in [3.05, 3.63) is 40.0 Å². The summed E-state index contributed by atoms with van der Waals surface area (Å²) in [4.78, 5) is 7.70. The molecule has 0 saturated carbocycles. The van der Waals surface area contributed by atoms with E-state index in [9.17, 15) is 4.21 Å². The van der Waals surface area contributed by atoms with Gasteiger partial charge in [-0.2, -0.15) is 0 Å². The van der Waals surface area contributed by atoms with Gasteiger partial charge in [-0.05, 0) is 12.1 Å². The van der Waals surface area contributed by atoms with E-state index >= 15 is 0 Å². The number of anilines is 1. The SMILES string of the molecule is O=S(Nc1ncc(Cl)s1)c1c[nH]c2cc(Cl)ccc12. The minimum Gasteiger partial charge on any atom is -0.360 e. The number of aromatic amines is 1. The highest BCUT2D eigenvalue weighted by atomic mass is 35.5. The molecule has 1 atom stereocenters. The van der Waals surface area contributed by atoms with Crippen LogP contribution >= 0.6 is 34.5 Å². The van der Waals surface area contributed by atoms with Crippen LogP contribution in [0, 0.1) is 0 Å². The van der Waals surface area contributed by atoms with Crippen LogP contribution in [0.1, 0.15) is 0 Å². The van der Waals surface area contributed by atoms with E-state index in [2.05, 4.69) is 14.7 Å². The number of aromatic nitrogens is 2. The van der Waals surface area contributed by atoms with Crippen molar-refractivity contribution in [2.24, 2.45) is 0 Å². The van der Waals surface area contributed by atoms with E-state index < -0.39 is 11.0 Å². The van der Waals surface area contributed by atoms with Crippen molar-refractivity contribution < 1.29 is 4.21 Å². The van der Waals surface area contributed by atoms with E-state index in [1.807, 2.05) is 6.07 Å². The summed E-state index contributed by atoms with van der Waals surface area (Å²) in [6.45, 7) is 0. The molecule has 0 saturated heterocycles. The normalized spacial score (nSPS) is 12.7. The van der Waals surface area contributed by atoms with E-state index in [-0.39, 0.29) is 0 Å². The monoisotopic (exact) mass is 331 g/mol. The number of halogens is 2. The fourth-order valence-corrected chi connectivity index (χ4v) is 3.76. The first-order valence-electron chi connectivity index (χ1n) is 5.20. The van der Waals surface area contributed by atoms with Crippen LogP contribution < -0.4 is 4.72 Å². The lowest BCUT2D eigenvalue weighted by Gasteiger charge is -2.01. The maximum atomic E-state index is 12.3. The van der Waals surface area contributed by atoms with Gasteiger partial charge in [0.1, 0.15) is 4.34 Å². The summed E-state index contributed by atoms with van der Waals surface area (Å²) >= 11 is 12.9. The zero-order chi connectivity index (χ0) is 13.4. The topological polar surface area (TPSA) is 57.8 Å². The fourth-order valence-electron chi connectivity index (χ4n) is 1.66. The Morgan fingerprint density at radius 2 is 2.21 bits per heavy atom. The molecule has 3 aromatic rings. The van der Waals surface area contributed by atoms with Crippen molar-refractivity contribution in [3.63, 3.8) is 0 Å². The number of H-pyrrole nitrogens is 1. The average Bonchev–Trinajstić information content (AvgIpc) is 2.95. The lowest BCUT2D eigenvalue weighted by molar-refractivity contribution is 0.687. The van der Waals surface area contributed by atoms with Crippen LogP contribution in [0.2, 0.25) is 9.36 Å². The molecule has 0 amide bonds. The van der Waals surface area contributed by atoms with Gasteiger partial charge in [-0.15, -0.1) is 0 Å². The molecule has 0 aliphatic rings. The number of hydrogen-bond acceptors (Lipinski definition) is 3. The van der Waals surface area contributed by atoms with Crippen molar-refractivity contribution >= 4 is 61.6 Å². The molecule has 4 nitrogen and oxygen atoms in total. The number of nitrogens with zero attached hydrogens (tertiary/aromatic N) is 1. The second-order valence-electron chi connectivity index (χ2n) is 3.68. The quantitative estimate of drug-likeness (QED) is 0.760. The van der Waals surface area contributed by atoms with Crippen LogP contribution in [0.15, 0.2) is 35.5 Å².